The smallest absolute Gasteiger partial charge is 0.244 e. The first-order valence-electron chi connectivity index (χ1n) is 8.16. The molecule has 1 amide bonds. The second kappa shape index (κ2) is 8.31. The number of hydrogen-bond acceptors (Lipinski definition) is 5. The van der Waals surface area contributed by atoms with Gasteiger partial charge in [0.25, 0.3) is 0 Å². The maximum Gasteiger partial charge on any atom is 0.244 e. The zero-order valence-corrected chi connectivity index (χ0v) is 16.1. The first kappa shape index (κ1) is 19.2. The molecule has 2 heterocycles. The van der Waals surface area contributed by atoms with Crippen molar-refractivity contribution in [3.05, 3.63) is 18.3 Å². The standard InChI is InChI=1S/C16H25N3O3S2/c1-13(16(20)19-10-6-4-5-7-11-19)23-15-9-8-14(12-17-15)24(21,22)18(2)3/h8-9,12-13H,4-7,10-11H2,1-3H3. The van der Waals surface area contributed by atoms with Crippen LogP contribution < -0.4 is 0 Å². The van der Waals surface area contributed by atoms with E-state index in [1.54, 1.807) is 6.07 Å². The van der Waals surface area contributed by atoms with Gasteiger partial charge in [-0.1, -0.05) is 24.6 Å². The summed E-state index contributed by atoms with van der Waals surface area (Å²) in [5.74, 6) is 0.133. The van der Waals surface area contributed by atoms with E-state index in [0.717, 1.165) is 30.2 Å². The summed E-state index contributed by atoms with van der Waals surface area (Å²) in [5, 5.41) is 0.426. The molecular formula is C16H25N3O3S2. The maximum absolute atomic E-state index is 12.5. The van der Waals surface area contributed by atoms with Crippen molar-refractivity contribution in [2.24, 2.45) is 0 Å². The van der Waals surface area contributed by atoms with Crippen molar-refractivity contribution in [3.63, 3.8) is 0 Å². The molecule has 0 radical (unpaired) electrons. The number of aromatic nitrogens is 1. The number of carbonyl (C=O) groups excluding carboxylic acids is 1. The molecule has 1 fully saturated rings. The average molecular weight is 372 g/mol. The highest BCUT2D eigenvalue weighted by molar-refractivity contribution is 8.00. The van der Waals surface area contributed by atoms with Gasteiger partial charge < -0.3 is 4.90 Å². The number of sulfonamides is 1. The number of thioether (sulfide) groups is 1. The van der Waals surface area contributed by atoms with E-state index in [-0.39, 0.29) is 16.1 Å². The molecule has 8 heteroatoms. The topological polar surface area (TPSA) is 70.6 Å². The van der Waals surface area contributed by atoms with Crippen LogP contribution in [0.25, 0.3) is 0 Å². The Bertz CT molecular complexity index is 652. The van der Waals surface area contributed by atoms with Gasteiger partial charge in [0.2, 0.25) is 15.9 Å². The highest BCUT2D eigenvalue weighted by Gasteiger charge is 2.23. The van der Waals surface area contributed by atoms with Crippen molar-refractivity contribution in [1.82, 2.24) is 14.2 Å². The number of rotatable bonds is 5. The van der Waals surface area contributed by atoms with E-state index in [9.17, 15) is 13.2 Å². The van der Waals surface area contributed by atoms with Crippen LogP contribution in [0.5, 0.6) is 0 Å². The fraction of sp³-hybridized carbons (Fsp3) is 0.625. The van der Waals surface area contributed by atoms with Gasteiger partial charge in [-0.05, 0) is 31.9 Å². The molecule has 0 aliphatic carbocycles. The summed E-state index contributed by atoms with van der Waals surface area (Å²) in [4.78, 5) is 18.8. The Labute approximate surface area is 148 Å². The van der Waals surface area contributed by atoms with E-state index in [1.807, 2.05) is 11.8 Å². The Morgan fingerprint density at radius 1 is 1.21 bits per heavy atom. The molecule has 1 atom stereocenters. The van der Waals surface area contributed by atoms with Gasteiger partial charge in [0.15, 0.2) is 0 Å². The molecule has 134 valence electrons. The third-order valence-corrected chi connectivity index (χ3v) is 6.89. The van der Waals surface area contributed by atoms with Crippen molar-refractivity contribution in [1.29, 1.82) is 0 Å². The summed E-state index contributed by atoms with van der Waals surface area (Å²) in [6.45, 7) is 3.54. The predicted octanol–water partition coefficient (Wildman–Crippen LogP) is 2.22. The molecule has 6 nitrogen and oxygen atoms in total. The van der Waals surface area contributed by atoms with Crippen LogP contribution in [-0.2, 0) is 14.8 Å². The molecule has 1 unspecified atom stereocenters. The summed E-state index contributed by atoms with van der Waals surface area (Å²) >= 11 is 1.37. The van der Waals surface area contributed by atoms with Gasteiger partial charge in [-0.25, -0.2) is 17.7 Å². The van der Waals surface area contributed by atoms with Gasteiger partial charge in [-0.15, -0.1) is 0 Å². The van der Waals surface area contributed by atoms with E-state index >= 15 is 0 Å². The number of nitrogens with zero attached hydrogens (tertiary/aromatic N) is 3. The molecule has 1 aliphatic heterocycles. The SMILES string of the molecule is CC(Sc1ccc(S(=O)(=O)N(C)C)cn1)C(=O)N1CCCCCC1. The van der Waals surface area contributed by atoms with Gasteiger partial charge in [0.05, 0.1) is 10.3 Å². The lowest BCUT2D eigenvalue weighted by atomic mass is 10.2. The molecule has 24 heavy (non-hydrogen) atoms. The second-order valence-corrected chi connectivity index (χ2v) is 9.63. The Morgan fingerprint density at radius 3 is 2.33 bits per heavy atom. The summed E-state index contributed by atoms with van der Waals surface area (Å²) < 4.78 is 25.2. The van der Waals surface area contributed by atoms with E-state index in [0.29, 0.717) is 5.03 Å². The number of amides is 1. The zero-order chi connectivity index (χ0) is 17.7. The number of likely N-dealkylation sites (tertiary alicyclic amines) is 1. The van der Waals surface area contributed by atoms with Crippen LogP contribution in [0, 0.1) is 0 Å². The average Bonchev–Trinajstić information content (AvgIpc) is 2.83. The maximum atomic E-state index is 12.5. The molecule has 0 saturated carbocycles. The van der Waals surface area contributed by atoms with Crippen LogP contribution in [0.2, 0.25) is 0 Å². The van der Waals surface area contributed by atoms with Crippen LogP contribution in [-0.4, -0.2) is 60.9 Å². The normalized spacial score (nSPS) is 17.6. The van der Waals surface area contributed by atoms with E-state index in [4.69, 9.17) is 0 Å². The minimum Gasteiger partial charge on any atom is -0.342 e. The zero-order valence-electron chi connectivity index (χ0n) is 14.4. The molecule has 0 N–H and O–H groups in total. The Kier molecular flexibility index (Phi) is 6.65. The summed E-state index contributed by atoms with van der Waals surface area (Å²) in [6, 6.07) is 3.20. The minimum absolute atomic E-state index is 0.133. The first-order valence-corrected chi connectivity index (χ1v) is 10.5. The van der Waals surface area contributed by atoms with Gasteiger partial charge in [0, 0.05) is 33.4 Å². The van der Waals surface area contributed by atoms with E-state index in [2.05, 4.69) is 4.98 Å². The lowest BCUT2D eigenvalue weighted by Crippen LogP contribution is -2.37. The summed E-state index contributed by atoms with van der Waals surface area (Å²) in [6.07, 6.45) is 5.86. The quantitative estimate of drug-likeness (QED) is 0.742. The van der Waals surface area contributed by atoms with Crippen molar-refractivity contribution >= 4 is 27.7 Å². The van der Waals surface area contributed by atoms with Crippen molar-refractivity contribution in [3.8, 4) is 0 Å². The molecule has 0 bridgehead atoms. The van der Waals surface area contributed by atoms with E-state index in [1.165, 1.54) is 51.0 Å². The van der Waals surface area contributed by atoms with Crippen LogP contribution in [0.1, 0.15) is 32.6 Å². The molecule has 1 saturated heterocycles. The molecule has 1 aromatic rings. The third-order valence-electron chi connectivity index (χ3n) is 4.05. The third kappa shape index (κ3) is 4.70. The minimum atomic E-state index is -3.47. The van der Waals surface area contributed by atoms with Gasteiger partial charge in [-0.3, -0.25) is 4.79 Å². The molecule has 0 spiro atoms. The predicted molar refractivity (Wildman–Crippen MR) is 95.5 cm³/mol. The Balaban J connectivity index is 2.01. The van der Waals surface area contributed by atoms with Gasteiger partial charge in [-0.2, -0.15) is 0 Å². The highest BCUT2D eigenvalue weighted by atomic mass is 32.2. The monoisotopic (exact) mass is 371 g/mol. The second-order valence-electron chi connectivity index (χ2n) is 6.12. The lowest BCUT2D eigenvalue weighted by molar-refractivity contribution is -0.130. The summed E-state index contributed by atoms with van der Waals surface area (Å²) in [7, 11) is -0.501. The summed E-state index contributed by atoms with van der Waals surface area (Å²) in [5.41, 5.74) is 0. The number of pyridine rings is 1. The van der Waals surface area contributed by atoms with Crippen LogP contribution in [0.15, 0.2) is 28.3 Å². The van der Waals surface area contributed by atoms with E-state index < -0.39 is 10.0 Å². The van der Waals surface area contributed by atoms with Crippen LogP contribution in [0.4, 0.5) is 0 Å². The fourth-order valence-corrected chi connectivity index (χ4v) is 4.30. The molecule has 0 aromatic carbocycles. The first-order chi connectivity index (χ1) is 11.3. The van der Waals surface area contributed by atoms with Gasteiger partial charge >= 0.3 is 0 Å². The lowest BCUT2D eigenvalue weighted by Gasteiger charge is -2.23. The Hall–Kier alpha value is -1.12. The van der Waals surface area contributed by atoms with Crippen molar-refractivity contribution in [2.75, 3.05) is 27.2 Å². The highest BCUT2D eigenvalue weighted by Crippen LogP contribution is 2.25. The number of carbonyl (C=O) groups is 1. The van der Waals surface area contributed by atoms with Gasteiger partial charge in [0.1, 0.15) is 4.90 Å². The molecular weight excluding hydrogens is 346 g/mol. The molecule has 1 aliphatic rings. The molecule has 1 aromatic heterocycles. The fourth-order valence-electron chi connectivity index (χ4n) is 2.58. The number of hydrogen-bond donors (Lipinski definition) is 0. The largest absolute Gasteiger partial charge is 0.342 e. The van der Waals surface area contributed by atoms with Crippen molar-refractivity contribution in [2.45, 2.75) is 47.8 Å². The van der Waals surface area contributed by atoms with Crippen LogP contribution >= 0.6 is 11.8 Å². The Morgan fingerprint density at radius 2 is 1.83 bits per heavy atom. The molecule has 2 rings (SSSR count). The van der Waals surface area contributed by atoms with Crippen LogP contribution in [0.3, 0.4) is 0 Å². The van der Waals surface area contributed by atoms with Crippen molar-refractivity contribution < 1.29 is 13.2 Å².